The summed E-state index contributed by atoms with van der Waals surface area (Å²) in [5, 5.41) is 2.17. The third-order valence-electron chi connectivity index (χ3n) is 3.43. The number of H-pyrrole nitrogens is 1. The van der Waals surface area contributed by atoms with Crippen molar-refractivity contribution in [2.45, 2.75) is 26.4 Å². The quantitative estimate of drug-likeness (QED) is 0.864. The van der Waals surface area contributed by atoms with Gasteiger partial charge < -0.3 is 15.0 Å². The Morgan fingerprint density at radius 3 is 2.64 bits per heavy atom. The van der Waals surface area contributed by atoms with Gasteiger partial charge in [-0.25, -0.2) is 0 Å². The lowest BCUT2D eigenvalue weighted by atomic mass is 10.1. The third kappa shape index (κ3) is 5.10. The molecule has 1 aromatic heterocycles. The van der Waals surface area contributed by atoms with Gasteiger partial charge in [-0.1, -0.05) is 12.1 Å². The van der Waals surface area contributed by atoms with E-state index >= 15 is 0 Å². The number of halogens is 3. The molecule has 0 spiro atoms. The number of aryl methyl sites for hydroxylation is 2. The van der Waals surface area contributed by atoms with Gasteiger partial charge in [-0.05, 0) is 37.1 Å². The molecular formula is C17H17F3N2O3. The van der Waals surface area contributed by atoms with Crippen molar-refractivity contribution in [1.82, 2.24) is 4.98 Å². The predicted octanol–water partition coefficient (Wildman–Crippen LogP) is 3.42. The van der Waals surface area contributed by atoms with E-state index in [1.807, 2.05) is 37.0 Å². The van der Waals surface area contributed by atoms with Crippen LogP contribution >= 0.6 is 0 Å². The third-order valence-corrected chi connectivity index (χ3v) is 3.43. The van der Waals surface area contributed by atoms with E-state index in [1.54, 1.807) is 0 Å². The van der Waals surface area contributed by atoms with Gasteiger partial charge in [0.2, 0.25) is 5.91 Å². The van der Waals surface area contributed by atoms with E-state index < -0.39 is 28.9 Å². The molecule has 0 radical (unpaired) electrons. The molecule has 1 heterocycles. The lowest BCUT2D eigenvalue weighted by molar-refractivity contribution is -0.137. The summed E-state index contributed by atoms with van der Waals surface area (Å²) in [6.45, 7) is 3.79. The van der Waals surface area contributed by atoms with E-state index in [4.69, 9.17) is 4.74 Å². The molecule has 0 saturated heterocycles. The number of rotatable bonds is 5. The number of pyridine rings is 1. The van der Waals surface area contributed by atoms with Crippen LogP contribution in [0.4, 0.5) is 18.9 Å². The van der Waals surface area contributed by atoms with Crippen LogP contribution in [0.5, 0.6) is 5.75 Å². The molecule has 5 nitrogen and oxygen atoms in total. The molecule has 0 aliphatic carbocycles. The molecule has 0 saturated carbocycles. The molecule has 1 amide bonds. The molecule has 8 heteroatoms. The fraction of sp³-hybridized carbons (Fsp3) is 0.294. The highest BCUT2D eigenvalue weighted by atomic mass is 19.4. The number of amides is 1. The van der Waals surface area contributed by atoms with E-state index in [1.165, 1.54) is 0 Å². The maximum absolute atomic E-state index is 12.6. The van der Waals surface area contributed by atoms with Gasteiger partial charge in [0.15, 0.2) is 0 Å². The lowest BCUT2D eigenvalue weighted by Crippen LogP contribution is -2.22. The average molecular weight is 354 g/mol. The van der Waals surface area contributed by atoms with Crippen LogP contribution in [-0.4, -0.2) is 17.5 Å². The molecule has 2 aromatic rings. The normalized spacial score (nSPS) is 11.2. The van der Waals surface area contributed by atoms with Gasteiger partial charge in [-0.15, -0.1) is 0 Å². The van der Waals surface area contributed by atoms with E-state index in [0.29, 0.717) is 18.0 Å². The number of hydrogen-bond donors (Lipinski definition) is 2. The summed E-state index contributed by atoms with van der Waals surface area (Å²) < 4.78 is 43.4. The van der Waals surface area contributed by atoms with Gasteiger partial charge in [0.25, 0.3) is 5.56 Å². The van der Waals surface area contributed by atoms with E-state index in [-0.39, 0.29) is 13.0 Å². The standard InChI is InChI=1S/C17H17F3N2O3/c1-10-3-4-11(2)14(7-10)25-6-5-15(23)22-13-8-12(17(18,19)20)9-21-16(13)24/h3-4,7-9H,5-6H2,1-2H3,(H,21,24)(H,22,23). The van der Waals surface area contributed by atoms with Crippen molar-refractivity contribution in [2.24, 2.45) is 0 Å². The Hall–Kier alpha value is -2.77. The second-order valence-corrected chi connectivity index (χ2v) is 5.54. The zero-order valence-corrected chi connectivity index (χ0v) is 13.7. The van der Waals surface area contributed by atoms with E-state index in [0.717, 1.165) is 11.1 Å². The van der Waals surface area contributed by atoms with Gasteiger partial charge in [-0.2, -0.15) is 13.2 Å². The highest BCUT2D eigenvalue weighted by Gasteiger charge is 2.31. The molecule has 25 heavy (non-hydrogen) atoms. The first-order chi connectivity index (χ1) is 11.7. The molecule has 0 atom stereocenters. The smallest absolute Gasteiger partial charge is 0.417 e. The summed E-state index contributed by atoms with van der Waals surface area (Å²) in [6, 6.07) is 6.23. The maximum Gasteiger partial charge on any atom is 0.417 e. The number of aromatic amines is 1. The zero-order valence-electron chi connectivity index (χ0n) is 13.7. The number of carbonyl (C=O) groups is 1. The summed E-state index contributed by atoms with van der Waals surface area (Å²) in [5.41, 5.74) is -0.404. The average Bonchev–Trinajstić information content (AvgIpc) is 2.51. The first-order valence-electron chi connectivity index (χ1n) is 7.46. The minimum atomic E-state index is -4.62. The molecule has 0 fully saturated rings. The summed E-state index contributed by atoms with van der Waals surface area (Å²) in [5.74, 6) is 0.0137. The van der Waals surface area contributed by atoms with Crippen LogP contribution in [-0.2, 0) is 11.0 Å². The van der Waals surface area contributed by atoms with Gasteiger partial charge in [0.1, 0.15) is 11.4 Å². The number of hydrogen-bond acceptors (Lipinski definition) is 3. The molecule has 0 aliphatic heterocycles. The molecule has 134 valence electrons. The summed E-state index contributed by atoms with van der Waals surface area (Å²) >= 11 is 0. The van der Waals surface area contributed by atoms with E-state index in [9.17, 15) is 22.8 Å². The Morgan fingerprint density at radius 1 is 1.24 bits per heavy atom. The Labute approximate surface area is 141 Å². The van der Waals surface area contributed by atoms with Gasteiger partial charge in [0, 0.05) is 6.20 Å². The van der Waals surface area contributed by atoms with Crippen LogP contribution in [0.2, 0.25) is 0 Å². The monoisotopic (exact) mass is 354 g/mol. The van der Waals surface area contributed by atoms with E-state index in [2.05, 4.69) is 5.32 Å². The highest BCUT2D eigenvalue weighted by Crippen LogP contribution is 2.29. The summed E-state index contributed by atoms with van der Waals surface area (Å²) in [4.78, 5) is 25.3. The fourth-order valence-corrected chi connectivity index (χ4v) is 2.07. The van der Waals surface area contributed by atoms with Gasteiger partial charge >= 0.3 is 6.18 Å². The highest BCUT2D eigenvalue weighted by molar-refractivity contribution is 5.90. The van der Waals surface area contributed by atoms with Crippen molar-refractivity contribution >= 4 is 11.6 Å². The predicted molar refractivity (Wildman–Crippen MR) is 86.7 cm³/mol. The number of ether oxygens (including phenoxy) is 1. The zero-order chi connectivity index (χ0) is 18.6. The number of anilines is 1. The van der Waals surface area contributed by atoms with Crippen LogP contribution in [0.25, 0.3) is 0 Å². The SMILES string of the molecule is Cc1ccc(C)c(OCCC(=O)Nc2cc(C(F)(F)F)c[nH]c2=O)c1. The fourth-order valence-electron chi connectivity index (χ4n) is 2.07. The first-order valence-corrected chi connectivity index (χ1v) is 7.46. The lowest BCUT2D eigenvalue weighted by Gasteiger charge is -2.11. The number of carbonyl (C=O) groups excluding carboxylic acids is 1. The Bertz CT molecular complexity index is 829. The molecule has 2 N–H and O–H groups in total. The molecule has 1 aromatic carbocycles. The van der Waals surface area contributed by atoms with Crippen molar-refractivity contribution in [1.29, 1.82) is 0 Å². The Balaban J connectivity index is 1.97. The van der Waals surface area contributed by atoms with Crippen molar-refractivity contribution < 1.29 is 22.7 Å². The molecule has 0 aliphatic rings. The first kappa shape index (κ1) is 18.6. The van der Waals surface area contributed by atoms with Crippen molar-refractivity contribution in [2.75, 3.05) is 11.9 Å². The number of aromatic nitrogens is 1. The van der Waals surface area contributed by atoms with Crippen LogP contribution in [0.3, 0.4) is 0 Å². The van der Waals surface area contributed by atoms with Crippen LogP contribution in [0.1, 0.15) is 23.1 Å². The van der Waals surface area contributed by atoms with Crippen molar-refractivity contribution in [3.8, 4) is 5.75 Å². The van der Waals surface area contributed by atoms with Gasteiger partial charge in [0.05, 0.1) is 18.6 Å². The molecule has 0 unspecified atom stereocenters. The minimum Gasteiger partial charge on any atom is -0.493 e. The summed E-state index contributed by atoms with van der Waals surface area (Å²) in [7, 11) is 0. The molecular weight excluding hydrogens is 337 g/mol. The molecule has 2 rings (SSSR count). The topological polar surface area (TPSA) is 71.2 Å². The number of nitrogens with one attached hydrogen (secondary N) is 2. The molecule has 0 bridgehead atoms. The van der Waals surface area contributed by atoms with Crippen LogP contribution in [0, 0.1) is 13.8 Å². The maximum atomic E-state index is 12.6. The minimum absolute atomic E-state index is 0.0347. The summed E-state index contributed by atoms with van der Waals surface area (Å²) in [6.07, 6.45) is -4.17. The second-order valence-electron chi connectivity index (χ2n) is 5.54. The van der Waals surface area contributed by atoms with Crippen molar-refractivity contribution in [3.05, 3.63) is 57.5 Å². The largest absolute Gasteiger partial charge is 0.493 e. The van der Waals surface area contributed by atoms with Gasteiger partial charge in [-0.3, -0.25) is 9.59 Å². The van der Waals surface area contributed by atoms with Crippen molar-refractivity contribution in [3.63, 3.8) is 0 Å². The Kier molecular flexibility index (Phi) is 5.51. The van der Waals surface area contributed by atoms with Crippen LogP contribution in [0.15, 0.2) is 35.3 Å². The second kappa shape index (κ2) is 7.42. The van der Waals surface area contributed by atoms with Crippen LogP contribution < -0.4 is 15.6 Å². The Morgan fingerprint density at radius 2 is 1.96 bits per heavy atom. The number of benzene rings is 1. The number of alkyl halides is 3.